The number of piperidine rings is 1. The van der Waals surface area contributed by atoms with Gasteiger partial charge in [0.05, 0.1) is 5.56 Å². The highest BCUT2D eigenvalue weighted by Crippen LogP contribution is 2.50. The van der Waals surface area contributed by atoms with Crippen LogP contribution in [0.25, 0.3) is 5.69 Å². The molecule has 2 saturated carbocycles. The third kappa shape index (κ3) is 4.64. The second-order valence-electron chi connectivity index (χ2n) is 12.0. The van der Waals surface area contributed by atoms with Crippen molar-refractivity contribution in [1.29, 1.82) is 0 Å². The number of carbonyl (C=O) groups is 1. The van der Waals surface area contributed by atoms with Crippen LogP contribution in [0.2, 0.25) is 0 Å². The van der Waals surface area contributed by atoms with Gasteiger partial charge >= 0.3 is 0 Å². The van der Waals surface area contributed by atoms with Crippen LogP contribution in [0.1, 0.15) is 72.9 Å². The molecule has 2 aliphatic carbocycles. The van der Waals surface area contributed by atoms with Gasteiger partial charge in [-0.15, -0.1) is 0 Å². The van der Waals surface area contributed by atoms with Crippen molar-refractivity contribution < 1.29 is 9.35 Å². The molecule has 6 heteroatoms. The lowest BCUT2D eigenvalue weighted by Crippen LogP contribution is -2.59. The zero-order chi connectivity index (χ0) is 26.4. The molecule has 0 spiro atoms. The topological polar surface area (TPSA) is 60.3 Å². The van der Waals surface area contributed by atoms with E-state index in [2.05, 4.69) is 34.5 Å². The first-order valence-corrected chi connectivity index (χ1v) is 16.2. The summed E-state index contributed by atoms with van der Waals surface area (Å²) in [5.41, 5.74) is 4.85. The zero-order valence-corrected chi connectivity index (χ0v) is 23.5. The lowest BCUT2D eigenvalue weighted by Gasteiger charge is -2.52. The van der Waals surface area contributed by atoms with Crippen LogP contribution in [0, 0.1) is 11.8 Å². The van der Waals surface area contributed by atoms with Crippen LogP contribution in [-0.4, -0.2) is 44.8 Å². The van der Waals surface area contributed by atoms with Gasteiger partial charge in [0.2, 0.25) is 0 Å². The molecular weight excluding hydrogens is 502 g/mol. The van der Waals surface area contributed by atoms with Gasteiger partial charge in [0, 0.05) is 56.1 Å². The first kappa shape index (κ1) is 25.4. The van der Waals surface area contributed by atoms with Crippen molar-refractivity contribution in [3.05, 3.63) is 83.7 Å². The largest absolute Gasteiger partial charge is 0.611 e. The second-order valence-corrected chi connectivity index (χ2v) is 13.8. The molecule has 0 radical (unpaired) electrons. The van der Waals surface area contributed by atoms with Crippen molar-refractivity contribution >= 4 is 17.1 Å². The summed E-state index contributed by atoms with van der Waals surface area (Å²) in [5, 5.41) is 4.43. The molecule has 3 aromatic rings. The Morgan fingerprint density at radius 3 is 2.36 bits per heavy atom. The average Bonchev–Trinajstić information content (AvgIpc) is 3.46. The van der Waals surface area contributed by atoms with Crippen molar-refractivity contribution in [3.63, 3.8) is 0 Å². The molecule has 2 atom stereocenters. The lowest BCUT2D eigenvalue weighted by molar-refractivity contribution is 0.0442. The molecular formula is C33H39N3O2S. The summed E-state index contributed by atoms with van der Waals surface area (Å²) < 4.78 is 14.5. The van der Waals surface area contributed by atoms with Gasteiger partial charge in [0.15, 0.2) is 4.90 Å². The van der Waals surface area contributed by atoms with E-state index in [9.17, 15) is 9.35 Å². The van der Waals surface area contributed by atoms with Gasteiger partial charge in [-0.3, -0.25) is 4.79 Å². The molecule has 4 aliphatic rings. The van der Waals surface area contributed by atoms with E-state index in [-0.39, 0.29) is 11.4 Å². The zero-order valence-electron chi connectivity index (χ0n) is 22.7. The van der Waals surface area contributed by atoms with Gasteiger partial charge in [0.1, 0.15) is 5.25 Å². The van der Waals surface area contributed by atoms with Crippen molar-refractivity contribution in [2.45, 2.75) is 73.5 Å². The number of nitrogens with one attached hydrogen (secondary N) is 1. The molecule has 1 saturated heterocycles. The Morgan fingerprint density at radius 1 is 0.897 bits per heavy atom. The second kappa shape index (κ2) is 10.5. The van der Waals surface area contributed by atoms with Crippen LogP contribution in [-0.2, 0) is 23.1 Å². The quantitative estimate of drug-likeness (QED) is 0.400. The summed E-state index contributed by atoms with van der Waals surface area (Å²) in [7, 11) is 0. The fraction of sp³-hybridized carbons (Fsp3) is 0.485. The number of fused-ring (bicyclic) bond motifs is 1. The fourth-order valence-electron chi connectivity index (χ4n) is 7.72. The molecule has 1 amide bonds. The van der Waals surface area contributed by atoms with Crippen molar-refractivity contribution in [2.75, 3.05) is 19.6 Å². The molecule has 2 unspecified atom stereocenters. The molecule has 204 valence electrons. The van der Waals surface area contributed by atoms with E-state index in [1.807, 2.05) is 47.3 Å². The van der Waals surface area contributed by atoms with Crippen molar-refractivity contribution in [3.8, 4) is 5.69 Å². The van der Waals surface area contributed by atoms with Crippen LogP contribution in [0.4, 0.5) is 0 Å². The Balaban J connectivity index is 1.05. The number of rotatable bonds is 6. The highest BCUT2D eigenvalue weighted by molar-refractivity contribution is 7.92. The summed E-state index contributed by atoms with van der Waals surface area (Å²) in [6, 6.07) is 19.0. The minimum atomic E-state index is -0.890. The first-order chi connectivity index (χ1) is 19.1. The average molecular weight is 542 g/mol. The van der Waals surface area contributed by atoms with Gasteiger partial charge in [-0.25, -0.2) is 0 Å². The molecule has 1 aromatic heterocycles. The summed E-state index contributed by atoms with van der Waals surface area (Å²) in [6.45, 7) is 2.68. The summed E-state index contributed by atoms with van der Waals surface area (Å²) in [4.78, 5) is 16.5. The number of amides is 1. The number of hydrogen-bond acceptors (Lipinski definition) is 3. The van der Waals surface area contributed by atoms with E-state index >= 15 is 0 Å². The summed E-state index contributed by atoms with van der Waals surface area (Å²) in [5.74, 6) is 1.37. The molecule has 3 heterocycles. The minimum Gasteiger partial charge on any atom is -0.611 e. The van der Waals surface area contributed by atoms with Crippen molar-refractivity contribution in [1.82, 2.24) is 14.8 Å². The van der Waals surface area contributed by atoms with Gasteiger partial charge < -0.3 is 19.3 Å². The smallest absolute Gasteiger partial charge is 0.255 e. The molecule has 5 nitrogen and oxygen atoms in total. The summed E-state index contributed by atoms with van der Waals surface area (Å²) >= 11 is -0.890. The Bertz CT molecular complexity index is 1320. The van der Waals surface area contributed by atoms with Crippen LogP contribution < -0.4 is 5.32 Å². The van der Waals surface area contributed by atoms with E-state index in [4.69, 9.17) is 0 Å². The van der Waals surface area contributed by atoms with Crippen LogP contribution in [0.3, 0.4) is 0 Å². The third-order valence-corrected chi connectivity index (χ3v) is 11.6. The predicted octanol–water partition coefficient (Wildman–Crippen LogP) is 5.83. The first-order valence-electron chi connectivity index (χ1n) is 15.0. The Kier molecular flexibility index (Phi) is 6.82. The number of benzene rings is 2. The van der Waals surface area contributed by atoms with E-state index in [1.54, 1.807) is 0 Å². The Morgan fingerprint density at radius 2 is 1.62 bits per heavy atom. The Labute approximate surface area is 235 Å². The maximum atomic E-state index is 13.5. The molecule has 39 heavy (non-hydrogen) atoms. The molecule has 2 aliphatic heterocycles. The highest BCUT2D eigenvalue weighted by atomic mass is 32.2. The van der Waals surface area contributed by atoms with E-state index in [0.717, 1.165) is 67.9 Å². The van der Waals surface area contributed by atoms with Gasteiger partial charge in [0.25, 0.3) is 5.91 Å². The monoisotopic (exact) mass is 541 g/mol. The van der Waals surface area contributed by atoms with Crippen LogP contribution in [0.15, 0.2) is 71.9 Å². The number of carbonyl (C=O) groups excluding carboxylic acids is 1. The molecule has 2 aromatic carbocycles. The third-order valence-electron chi connectivity index (χ3n) is 9.83. The molecule has 1 N–H and O–H groups in total. The maximum Gasteiger partial charge on any atom is 0.255 e. The molecule has 0 bridgehead atoms. The van der Waals surface area contributed by atoms with E-state index in [1.165, 1.54) is 36.8 Å². The van der Waals surface area contributed by atoms with Gasteiger partial charge in [-0.2, -0.15) is 0 Å². The number of aromatic nitrogens is 1. The van der Waals surface area contributed by atoms with Crippen LogP contribution in [0.5, 0.6) is 0 Å². The van der Waals surface area contributed by atoms with E-state index in [0.29, 0.717) is 17.1 Å². The SMILES string of the molecule is O=C(c1ccn(-c2ccc([S+]([O-])C3CC3)cc2)c1)N1CCC(C2(C3CCCC3)NCCc3ccccc32)CC1. The molecule has 7 rings (SSSR count). The number of likely N-dealkylation sites (tertiary alicyclic amines) is 1. The number of hydrogen-bond donors (Lipinski definition) is 1. The van der Waals surface area contributed by atoms with Crippen molar-refractivity contribution in [2.24, 2.45) is 11.8 Å². The standard InChI is InChI=1S/C33H39N3O2S/c37-32(25-16-20-36(23-25)28-9-11-29(12-10-28)39(38)30-13-14-30)35-21-17-27(18-22-35)33(26-6-2-3-7-26)31-8-4-1-5-24(31)15-19-34-33/h1,4-5,8-12,16,20,23,26-27,30,34H,2-3,6-7,13-15,17-19,21-22H2. The lowest BCUT2D eigenvalue weighted by atomic mass is 9.63. The Hall–Kier alpha value is -2.54. The minimum absolute atomic E-state index is 0.0547. The van der Waals surface area contributed by atoms with Crippen LogP contribution >= 0.6 is 0 Å². The number of nitrogens with zero attached hydrogens (tertiary/aromatic N) is 2. The maximum absolute atomic E-state index is 13.5. The van der Waals surface area contributed by atoms with Gasteiger partial charge in [-0.05, 0) is 96.6 Å². The highest BCUT2D eigenvalue weighted by Gasteiger charge is 2.50. The molecule has 3 fully saturated rings. The normalized spacial score (nSPS) is 25.0. The van der Waals surface area contributed by atoms with Gasteiger partial charge in [-0.1, -0.05) is 37.1 Å². The predicted molar refractivity (Wildman–Crippen MR) is 156 cm³/mol. The van der Waals surface area contributed by atoms with E-state index < -0.39 is 11.2 Å². The fourth-order valence-corrected chi connectivity index (χ4v) is 9.07. The summed E-state index contributed by atoms with van der Waals surface area (Å²) in [6.07, 6.45) is 14.5.